The molecule has 16 heteroatoms. The first kappa shape index (κ1) is 36.0. The number of nitrogens with one attached hydrogen (secondary N) is 2. The van der Waals surface area contributed by atoms with Crippen molar-refractivity contribution in [3.05, 3.63) is 96.1 Å². The van der Waals surface area contributed by atoms with Crippen LogP contribution in [0.4, 0.5) is 8.78 Å². The van der Waals surface area contributed by atoms with Crippen molar-refractivity contribution in [3.63, 3.8) is 0 Å². The summed E-state index contributed by atoms with van der Waals surface area (Å²) in [6, 6.07) is 13.6. The Morgan fingerprint density at radius 1 is 0.636 bits per heavy atom. The van der Waals surface area contributed by atoms with E-state index in [9.17, 15) is 38.2 Å². The molecule has 0 spiro atoms. The highest BCUT2D eigenvalue weighted by Crippen LogP contribution is 2.25. The van der Waals surface area contributed by atoms with E-state index in [1.165, 1.54) is 48.8 Å². The first-order valence-corrected chi connectivity index (χ1v) is 11.8. The molecule has 2 heterocycles. The number of halogens is 2. The molecule has 0 aliphatic carbocycles. The van der Waals surface area contributed by atoms with Crippen molar-refractivity contribution >= 4 is 23.8 Å². The first-order chi connectivity index (χ1) is 19.9. The maximum absolute atomic E-state index is 13.1. The van der Waals surface area contributed by atoms with E-state index in [4.69, 9.17) is 0 Å². The second-order valence-corrected chi connectivity index (χ2v) is 8.21. The SMILES string of the molecule is CC(=O)ONC(=O)c1ncc(-c2cccc(F)c2)cc1[O-].CC(=O)ONC(=O)c1ncc(-c2cccc(F)c2)cc1[O-].[NH4+].[NH4+]. The molecule has 10 N–H and O–H groups in total. The van der Waals surface area contributed by atoms with Crippen LogP contribution in [0.25, 0.3) is 22.3 Å². The van der Waals surface area contributed by atoms with Gasteiger partial charge < -0.3 is 32.2 Å². The van der Waals surface area contributed by atoms with Gasteiger partial charge in [0.25, 0.3) is 0 Å². The lowest BCUT2D eigenvalue weighted by molar-refractivity contribution is -0.269. The highest BCUT2D eigenvalue weighted by molar-refractivity contribution is 5.95. The summed E-state index contributed by atoms with van der Waals surface area (Å²) in [6.45, 7) is 2.19. The maximum Gasteiger partial charge on any atom is 0.329 e. The standard InChI is InChI=1S/2C14H11FN2O4.2H3N/c2*1-8(18)21-17-14(20)13-12(19)6-10(7-16-13)9-3-2-4-11(15)5-9;;/h2*2-7,19H,1H3,(H,17,20);2*1H3. The molecule has 0 bridgehead atoms. The normalized spacial score (nSPS) is 9.55. The zero-order chi connectivity index (χ0) is 30.8. The molecule has 0 saturated heterocycles. The van der Waals surface area contributed by atoms with Gasteiger partial charge >= 0.3 is 23.8 Å². The summed E-state index contributed by atoms with van der Waals surface area (Å²) >= 11 is 0. The maximum atomic E-state index is 13.1. The third kappa shape index (κ3) is 10.1. The van der Waals surface area contributed by atoms with Crippen LogP contribution < -0.4 is 33.5 Å². The quantitative estimate of drug-likeness (QED) is 0.244. The number of hydrogen-bond donors (Lipinski definition) is 4. The molecule has 232 valence electrons. The van der Waals surface area contributed by atoms with Crippen molar-refractivity contribution in [1.82, 2.24) is 33.2 Å². The fourth-order valence-corrected chi connectivity index (χ4v) is 3.22. The highest BCUT2D eigenvalue weighted by Gasteiger charge is 2.12. The van der Waals surface area contributed by atoms with Gasteiger partial charge in [-0.05, 0) is 46.5 Å². The predicted molar refractivity (Wildman–Crippen MR) is 149 cm³/mol. The molecule has 0 unspecified atom stereocenters. The van der Waals surface area contributed by atoms with Crippen molar-refractivity contribution in [2.45, 2.75) is 13.8 Å². The zero-order valence-electron chi connectivity index (χ0n) is 23.8. The van der Waals surface area contributed by atoms with Crippen LogP contribution in [0.3, 0.4) is 0 Å². The summed E-state index contributed by atoms with van der Waals surface area (Å²) in [7, 11) is 0. The van der Waals surface area contributed by atoms with E-state index >= 15 is 0 Å². The molecule has 0 radical (unpaired) electrons. The number of aromatic nitrogens is 2. The number of benzene rings is 2. The predicted octanol–water partition coefficient (Wildman–Crippen LogP) is 3.09. The van der Waals surface area contributed by atoms with Crippen LogP contribution in [0, 0.1) is 11.6 Å². The fourth-order valence-electron chi connectivity index (χ4n) is 3.22. The molecule has 2 aromatic carbocycles. The van der Waals surface area contributed by atoms with Crippen molar-refractivity contribution in [3.8, 4) is 33.8 Å². The van der Waals surface area contributed by atoms with Crippen LogP contribution in [-0.2, 0) is 19.3 Å². The van der Waals surface area contributed by atoms with Gasteiger partial charge in [-0.3, -0.25) is 29.1 Å². The Hall–Kier alpha value is -6.00. The van der Waals surface area contributed by atoms with E-state index in [-0.39, 0.29) is 12.3 Å². The van der Waals surface area contributed by atoms with Gasteiger partial charge in [-0.1, -0.05) is 47.9 Å². The lowest BCUT2D eigenvalue weighted by atomic mass is 10.1. The lowest BCUT2D eigenvalue weighted by Gasteiger charge is -2.13. The topological polar surface area (TPSA) is 256 Å². The Labute approximate surface area is 248 Å². The molecule has 4 aromatic rings. The number of hydrogen-bond acceptors (Lipinski definition) is 10. The molecule has 14 nitrogen and oxygen atoms in total. The smallest absolute Gasteiger partial charge is 0.329 e. The fraction of sp³-hybridized carbons (Fsp3) is 0.0714. The number of amides is 2. The molecule has 0 atom stereocenters. The third-order valence-corrected chi connectivity index (χ3v) is 5.03. The van der Waals surface area contributed by atoms with Gasteiger partial charge in [-0.2, -0.15) is 11.0 Å². The minimum atomic E-state index is -0.930. The summed E-state index contributed by atoms with van der Waals surface area (Å²) in [5, 5.41) is 23.7. The number of carbonyl (C=O) groups excluding carboxylic acids is 4. The Bertz CT molecular complexity index is 1530. The van der Waals surface area contributed by atoms with Gasteiger partial charge in [0.1, 0.15) is 23.0 Å². The van der Waals surface area contributed by atoms with Crippen LogP contribution in [-0.4, -0.2) is 33.7 Å². The highest BCUT2D eigenvalue weighted by atomic mass is 19.1. The van der Waals surface area contributed by atoms with Crippen molar-refractivity contribution < 1.29 is 47.8 Å². The van der Waals surface area contributed by atoms with Crippen LogP contribution in [0.2, 0.25) is 0 Å². The van der Waals surface area contributed by atoms with Gasteiger partial charge in [0.05, 0.1) is 0 Å². The minimum absolute atomic E-state index is 0. The Kier molecular flexibility index (Phi) is 13.5. The second kappa shape index (κ2) is 16.4. The summed E-state index contributed by atoms with van der Waals surface area (Å²) in [6.07, 6.45) is 2.53. The third-order valence-electron chi connectivity index (χ3n) is 5.03. The van der Waals surface area contributed by atoms with Crippen LogP contribution in [0.15, 0.2) is 73.1 Å². The minimum Gasteiger partial charge on any atom is -0.871 e. The van der Waals surface area contributed by atoms with Gasteiger partial charge in [0.2, 0.25) is 0 Å². The Morgan fingerprint density at radius 3 is 1.30 bits per heavy atom. The summed E-state index contributed by atoms with van der Waals surface area (Å²) in [5.41, 5.74) is 4.44. The zero-order valence-corrected chi connectivity index (χ0v) is 23.8. The van der Waals surface area contributed by atoms with E-state index in [0.29, 0.717) is 22.3 Å². The average molecular weight is 615 g/mol. The van der Waals surface area contributed by atoms with Gasteiger partial charge in [-0.15, -0.1) is 0 Å². The van der Waals surface area contributed by atoms with E-state index in [0.717, 1.165) is 26.0 Å². The van der Waals surface area contributed by atoms with Crippen LogP contribution >= 0.6 is 0 Å². The molecule has 0 aliphatic rings. The first-order valence-electron chi connectivity index (χ1n) is 11.8. The number of quaternary nitrogens is 2. The van der Waals surface area contributed by atoms with E-state index in [1.54, 1.807) is 23.1 Å². The van der Waals surface area contributed by atoms with Gasteiger partial charge in [0, 0.05) is 26.2 Å². The number of pyridine rings is 2. The van der Waals surface area contributed by atoms with Crippen LogP contribution in [0.5, 0.6) is 11.5 Å². The summed E-state index contributed by atoms with van der Waals surface area (Å²) < 4.78 is 26.3. The molecule has 0 fully saturated rings. The van der Waals surface area contributed by atoms with Crippen molar-refractivity contribution in [2.75, 3.05) is 0 Å². The largest absolute Gasteiger partial charge is 0.871 e. The van der Waals surface area contributed by atoms with Gasteiger partial charge in [-0.25, -0.2) is 8.78 Å². The Morgan fingerprint density at radius 2 is 1.00 bits per heavy atom. The summed E-state index contributed by atoms with van der Waals surface area (Å²) in [5.74, 6) is -5.54. The lowest BCUT2D eigenvalue weighted by Crippen LogP contribution is -2.27. The molecule has 2 aromatic heterocycles. The van der Waals surface area contributed by atoms with E-state index in [2.05, 4.69) is 19.6 Å². The average Bonchev–Trinajstić information content (AvgIpc) is 2.95. The number of rotatable bonds is 4. The summed E-state index contributed by atoms with van der Waals surface area (Å²) in [4.78, 5) is 60.3. The van der Waals surface area contributed by atoms with Crippen molar-refractivity contribution in [2.24, 2.45) is 0 Å². The number of nitrogens with zero attached hydrogens (tertiary/aromatic N) is 2. The van der Waals surface area contributed by atoms with Gasteiger partial charge in [0.15, 0.2) is 0 Å². The monoisotopic (exact) mass is 614 g/mol. The Balaban J connectivity index is 0.000000421. The molecule has 2 amide bonds. The van der Waals surface area contributed by atoms with E-state index < -0.39 is 58.3 Å². The van der Waals surface area contributed by atoms with Crippen LogP contribution in [0.1, 0.15) is 34.8 Å². The molecule has 4 rings (SSSR count). The number of carbonyl (C=O) groups is 4. The molecular weight excluding hydrogens is 586 g/mol. The molecule has 0 aliphatic heterocycles. The van der Waals surface area contributed by atoms with Crippen molar-refractivity contribution in [1.29, 1.82) is 0 Å². The number of hydroxylamine groups is 2. The molecular formula is C28H28F2N6O8. The second-order valence-electron chi connectivity index (χ2n) is 8.21. The van der Waals surface area contributed by atoms with E-state index in [1.807, 2.05) is 0 Å². The molecule has 44 heavy (non-hydrogen) atoms. The molecule has 0 saturated carbocycles.